The van der Waals surface area contributed by atoms with Gasteiger partial charge in [-0.1, -0.05) is 22.0 Å². The second-order valence-electron chi connectivity index (χ2n) is 8.77. The lowest BCUT2D eigenvalue weighted by Crippen LogP contribution is -2.36. The van der Waals surface area contributed by atoms with Crippen LogP contribution in [0.3, 0.4) is 0 Å². The minimum atomic E-state index is -0.610. The van der Waals surface area contributed by atoms with Gasteiger partial charge in [-0.25, -0.2) is 9.59 Å². The maximum Gasteiger partial charge on any atom is 0.340 e. The van der Waals surface area contributed by atoms with Gasteiger partial charge in [-0.3, -0.25) is 0 Å². The Kier molecular flexibility index (Phi) is 7.83. The Balaban J connectivity index is 1.76. The SMILES string of the molecule is COC(=O)C1=C/C(CCCO)=C\C(C2CC2)N(CC2=C(Br)CC3=C(C2)OCO3)/C=C\1C(=O)OC. The molecule has 4 aliphatic rings. The number of carbonyl (C=O) groups excluding carboxylic acids is 2. The number of nitrogens with zero attached hydrogens (tertiary/aromatic N) is 1. The zero-order valence-corrected chi connectivity index (χ0v) is 21.1. The maximum atomic E-state index is 12.8. The Hall–Kier alpha value is -2.52. The highest BCUT2D eigenvalue weighted by atomic mass is 79.9. The van der Waals surface area contributed by atoms with E-state index in [-0.39, 0.29) is 30.6 Å². The molecule has 0 bridgehead atoms. The minimum absolute atomic E-state index is 0.0349. The molecule has 0 spiro atoms. The van der Waals surface area contributed by atoms with E-state index in [2.05, 4.69) is 26.9 Å². The lowest BCUT2D eigenvalue weighted by atomic mass is 9.94. The highest BCUT2D eigenvalue weighted by Crippen LogP contribution is 2.41. The summed E-state index contributed by atoms with van der Waals surface area (Å²) < 4.78 is 22.3. The Morgan fingerprint density at radius 2 is 1.79 bits per heavy atom. The first-order valence-electron chi connectivity index (χ1n) is 11.5. The van der Waals surface area contributed by atoms with E-state index in [0.717, 1.165) is 40.0 Å². The van der Waals surface area contributed by atoms with Crippen LogP contribution in [0.15, 0.2) is 56.6 Å². The molecule has 0 aromatic carbocycles. The lowest BCUT2D eigenvalue weighted by Gasteiger charge is -2.33. The summed E-state index contributed by atoms with van der Waals surface area (Å²) in [6.07, 6.45) is 10.2. The molecule has 0 aromatic rings. The number of halogens is 1. The van der Waals surface area contributed by atoms with E-state index in [0.29, 0.717) is 38.1 Å². The van der Waals surface area contributed by atoms with Crippen molar-refractivity contribution in [3.8, 4) is 0 Å². The number of hydrogen-bond donors (Lipinski definition) is 1. The van der Waals surface area contributed by atoms with Gasteiger partial charge in [0.25, 0.3) is 0 Å². The molecule has 0 saturated heterocycles. The van der Waals surface area contributed by atoms with Crippen LogP contribution in [0.2, 0.25) is 0 Å². The van der Waals surface area contributed by atoms with Gasteiger partial charge in [-0.15, -0.1) is 0 Å². The van der Waals surface area contributed by atoms with Crippen molar-refractivity contribution in [2.45, 2.75) is 44.6 Å². The number of ether oxygens (including phenoxy) is 4. The first-order valence-corrected chi connectivity index (χ1v) is 12.3. The molecule has 2 aliphatic heterocycles. The van der Waals surface area contributed by atoms with Crippen molar-refractivity contribution in [1.82, 2.24) is 4.90 Å². The van der Waals surface area contributed by atoms with Crippen LogP contribution in [-0.4, -0.2) is 62.2 Å². The molecule has 184 valence electrons. The zero-order chi connectivity index (χ0) is 24.2. The topological polar surface area (TPSA) is 94.5 Å². The molecule has 2 aliphatic carbocycles. The Labute approximate surface area is 207 Å². The third kappa shape index (κ3) is 5.41. The van der Waals surface area contributed by atoms with Crippen LogP contribution >= 0.6 is 15.9 Å². The third-order valence-corrected chi connectivity index (χ3v) is 7.29. The molecule has 4 rings (SSSR count). The van der Waals surface area contributed by atoms with Gasteiger partial charge in [-0.2, -0.15) is 0 Å². The molecule has 34 heavy (non-hydrogen) atoms. The van der Waals surface area contributed by atoms with Gasteiger partial charge in [-0.05, 0) is 48.8 Å². The van der Waals surface area contributed by atoms with Crippen molar-refractivity contribution in [3.63, 3.8) is 0 Å². The van der Waals surface area contributed by atoms with Gasteiger partial charge < -0.3 is 29.0 Å². The van der Waals surface area contributed by atoms with Crippen LogP contribution in [0.25, 0.3) is 0 Å². The fraction of sp³-hybridized carbons (Fsp3) is 0.520. The van der Waals surface area contributed by atoms with Crippen molar-refractivity contribution in [3.05, 3.63) is 56.6 Å². The summed E-state index contributed by atoms with van der Waals surface area (Å²) in [7, 11) is 2.59. The smallest absolute Gasteiger partial charge is 0.340 e. The molecule has 1 atom stereocenters. The maximum absolute atomic E-state index is 12.8. The van der Waals surface area contributed by atoms with E-state index in [1.54, 1.807) is 12.3 Å². The molecule has 1 N–H and O–H groups in total. The summed E-state index contributed by atoms with van der Waals surface area (Å²) in [4.78, 5) is 27.7. The minimum Gasteiger partial charge on any atom is -0.465 e. The Bertz CT molecular complexity index is 1000. The number of aliphatic hydroxyl groups excluding tert-OH is 1. The molecule has 1 unspecified atom stereocenters. The monoisotopic (exact) mass is 535 g/mol. The molecular weight excluding hydrogens is 506 g/mol. The number of hydrogen-bond acceptors (Lipinski definition) is 8. The van der Waals surface area contributed by atoms with Gasteiger partial charge in [0.15, 0.2) is 0 Å². The van der Waals surface area contributed by atoms with E-state index >= 15 is 0 Å². The number of esters is 2. The molecule has 9 heteroatoms. The molecule has 0 amide bonds. The van der Waals surface area contributed by atoms with Crippen molar-refractivity contribution in [2.75, 3.05) is 34.2 Å². The lowest BCUT2D eigenvalue weighted by molar-refractivity contribution is -0.139. The average molecular weight is 536 g/mol. The summed E-state index contributed by atoms with van der Waals surface area (Å²) in [5.74, 6) is 0.931. The quantitative estimate of drug-likeness (QED) is 0.471. The van der Waals surface area contributed by atoms with Gasteiger partial charge >= 0.3 is 11.9 Å². The Morgan fingerprint density at radius 3 is 2.44 bits per heavy atom. The molecule has 1 saturated carbocycles. The average Bonchev–Trinajstić information content (AvgIpc) is 3.57. The summed E-state index contributed by atoms with van der Waals surface area (Å²) in [6, 6.07) is 0.0349. The van der Waals surface area contributed by atoms with Crippen LogP contribution in [-0.2, 0) is 28.5 Å². The normalized spacial score (nSPS) is 27.1. The van der Waals surface area contributed by atoms with E-state index in [4.69, 9.17) is 18.9 Å². The predicted molar refractivity (Wildman–Crippen MR) is 127 cm³/mol. The predicted octanol–water partition coefficient (Wildman–Crippen LogP) is 3.59. The van der Waals surface area contributed by atoms with Gasteiger partial charge in [0.1, 0.15) is 11.5 Å². The van der Waals surface area contributed by atoms with Gasteiger partial charge in [0.2, 0.25) is 6.79 Å². The number of methoxy groups -OCH3 is 2. The summed E-state index contributed by atoms with van der Waals surface area (Å²) in [5.41, 5.74) is 2.32. The molecule has 0 aromatic heterocycles. The van der Waals surface area contributed by atoms with E-state index < -0.39 is 11.9 Å². The molecule has 8 nitrogen and oxygen atoms in total. The van der Waals surface area contributed by atoms with Gasteiger partial charge in [0.05, 0.1) is 31.4 Å². The van der Waals surface area contributed by atoms with Crippen LogP contribution < -0.4 is 0 Å². The fourth-order valence-electron chi connectivity index (χ4n) is 4.48. The summed E-state index contributed by atoms with van der Waals surface area (Å²) >= 11 is 3.72. The van der Waals surface area contributed by atoms with Crippen LogP contribution in [0.4, 0.5) is 0 Å². The molecule has 1 fully saturated rings. The standard InChI is InChI=1S/C25H30BrNO7/c1-31-24(29)18-8-15(4-3-7-28)9-21(16-5-6-16)27(13-19(18)25(30)32-2)12-17-10-22-23(11-20(17)26)34-14-33-22/h8-9,13,16,21,28H,3-7,10-12,14H2,1-2H3/b15-9-,18-8+,19-13+. The van der Waals surface area contributed by atoms with Crippen molar-refractivity contribution >= 4 is 27.9 Å². The second kappa shape index (κ2) is 10.8. The number of aliphatic hydroxyl groups is 1. The molecule has 2 heterocycles. The van der Waals surface area contributed by atoms with Crippen LogP contribution in [0, 0.1) is 5.92 Å². The van der Waals surface area contributed by atoms with E-state index in [9.17, 15) is 14.7 Å². The first-order chi connectivity index (χ1) is 16.4. The zero-order valence-electron chi connectivity index (χ0n) is 19.5. The van der Waals surface area contributed by atoms with Crippen LogP contribution in [0.5, 0.6) is 0 Å². The third-order valence-electron chi connectivity index (χ3n) is 6.45. The fourth-order valence-corrected chi connectivity index (χ4v) is 5.00. The Morgan fingerprint density at radius 1 is 1.12 bits per heavy atom. The van der Waals surface area contributed by atoms with Crippen molar-refractivity contribution < 1.29 is 33.6 Å². The van der Waals surface area contributed by atoms with Crippen LogP contribution in [0.1, 0.15) is 38.5 Å². The van der Waals surface area contributed by atoms with Crippen molar-refractivity contribution in [1.29, 1.82) is 0 Å². The number of rotatable bonds is 8. The largest absolute Gasteiger partial charge is 0.465 e. The second-order valence-corrected chi connectivity index (χ2v) is 9.73. The molecular formula is C25H30BrNO7. The van der Waals surface area contributed by atoms with E-state index in [1.807, 2.05) is 0 Å². The first kappa shape index (κ1) is 24.6. The number of allylic oxidation sites excluding steroid dienone is 4. The summed E-state index contributed by atoms with van der Waals surface area (Å²) in [6.45, 7) is 0.819. The summed E-state index contributed by atoms with van der Waals surface area (Å²) in [5, 5.41) is 9.41. The van der Waals surface area contributed by atoms with Gasteiger partial charge in [0, 0.05) is 36.7 Å². The van der Waals surface area contributed by atoms with E-state index in [1.165, 1.54) is 14.2 Å². The molecule has 0 radical (unpaired) electrons. The van der Waals surface area contributed by atoms with Crippen molar-refractivity contribution in [2.24, 2.45) is 5.92 Å². The highest BCUT2D eigenvalue weighted by Gasteiger charge is 2.37. The number of carbonyl (C=O) groups is 2. The highest BCUT2D eigenvalue weighted by molar-refractivity contribution is 9.11.